The van der Waals surface area contributed by atoms with Crippen LogP contribution in [0.3, 0.4) is 0 Å². The number of benzene rings is 2. The number of alkyl halides is 3. The van der Waals surface area contributed by atoms with E-state index in [2.05, 4.69) is 9.97 Å². The van der Waals surface area contributed by atoms with E-state index in [0.717, 1.165) is 12.1 Å². The van der Waals surface area contributed by atoms with Gasteiger partial charge >= 0.3 is 6.18 Å². The minimum absolute atomic E-state index is 0.162. The van der Waals surface area contributed by atoms with Crippen LogP contribution in [0.2, 0.25) is 0 Å². The van der Waals surface area contributed by atoms with Gasteiger partial charge in [0, 0.05) is 32.2 Å². The quantitative estimate of drug-likeness (QED) is 0.502. The van der Waals surface area contributed by atoms with Crippen molar-refractivity contribution in [3.05, 3.63) is 74.3 Å². The molecule has 0 saturated carbocycles. The normalized spacial score (nSPS) is 15.4. The summed E-state index contributed by atoms with van der Waals surface area (Å²) in [5.41, 5.74) is -1.08. The van der Waals surface area contributed by atoms with Gasteiger partial charge in [-0.2, -0.15) is 13.2 Å². The molecular weight excluding hydrogens is 415 g/mol. The van der Waals surface area contributed by atoms with Crippen LogP contribution in [0.1, 0.15) is 11.4 Å². The number of fused-ring (bicyclic) bond motifs is 1. The van der Waals surface area contributed by atoms with Gasteiger partial charge in [0.2, 0.25) is 0 Å². The van der Waals surface area contributed by atoms with Gasteiger partial charge in [0.15, 0.2) is 0 Å². The molecule has 2 heterocycles. The van der Waals surface area contributed by atoms with Gasteiger partial charge in [0.25, 0.3) is 11.2 Å². The predicted octanol–water partition coefficient (Wildman–Crippen LogP) is 3.17. The number of para-hydroxylation sites is 1. The summed E-state index contributed by atoms with van der Waals surface area (Å²) in [6.45, 7) is 2.19. The summed E-state index contributed by atoms with van der Waals surface area (Å²) in [5, 5.41) is 11.9. The van der Waals surface area contributed by atoms with E-state index in [1.54, 1.807) is 29.2 Å². The van der Waals surface area contributed by atoms with Crippen molar-refractivity contribution in [2.24, 2.45) is 0 Å². The highest BCUT2D eigenvalue weighted by molar-refractivity contribution is 5.77. The maximum atomic E-state index is 12.9. The van der Waals surface area contributed by atoms with Crippen LogP contribution in [-0.4, -0.2) is 46.0 Å². The van der Waals surface area contributed by atoms with E-state index in [4.69, 9.17) is 0 Å². The number of piperazine rings is 1. The Hall–Kier alpha value is -3.47. The number of aromatic nitrogens is 2. The van der Waals surface area contributed by atoms with E-state index >= 15 is 0 Å². The summed E-state index contributed by atoms with van der Waals surface area (Å²) in [4.78, 5) is 33.7. The maximum absolute atomic E-state index is 12.9. The molecule has 2 aromatic carbocycles. The molecule has 0 radical (unpaired) electrons. The Morgan fingerprint density at radius 1 is 1.10 bits per heavy atom. The number of nitrogens with zero attached hydrogens (tertiary/aromatic N) is 4. The number of nitro groups is 1. The first-order chi connectivity index (χ1) is 14.7. The summed E-state index contributed by atoms with van der Waals surface area (Å²) < 4.78 is 38.7. The number of aromatic amines is 1. The Kier molecular flexibility index (Phi) is 5.36. The van der Waals surface area contributed by atoms with E-state index in [1.807, 2.05) is 4.90 Å². The lowest BCUT2D eigenvalue weighted by Gasteiger charge is -2.35. The van der Waals surface area contributed by atoms with Crippen molar-refractivity contribution in [1.29, 1.82) is 0 Å². The first-order valence-electron chi connectivity index (χ1n) is 9.53. The van der Waals surface area contributed by atoms with Gasteiger partial charge in [0.05, 0.1) is 27.9 Å². The molecule has 4 rings (SSSR count). The second kappa shape index (κ2) is 7.99. The molecular formula is C20H18F3N5O3. The lowest BCUT2D eigenvalue weighted by atomic mass is 10.1. The van der Waals surface area contributed by atoms with Crippen LogP contribution in [0.5, 0.6) is 0 Å². The van der Waals surface area contributed by atoms with Crippen molar-refractivity contribution < 1.29 is 18.1 Å². The average molecular weight is 433 g/mol. The molecule has 0 unspecified atom stereocenters. The molecule has 0 atom stereocenters. The second-order valence-corrected chi connectivity index (χ2v) is 7.25. The first kappa shape index (κ1) is 20.8. The molecule has 1 N–H and O–H groups in total. The molecule has 3 aromatic rings. The van der Waals surface area contributed by atoms with Gasteiger partial charge in [-0.05, 0) is 24.3 Å². The van der Waals surface area contributed by atoms with Gasteiger partial charge < -0.3 is 9.88 Å². The Morgan fingerprint density at radius 2 is 1.81 bits per heavy atom. The third-order valence-corrected chi connectivity index (χ3v) is 5.25. The standard InChI is InChI=1S/C20H18F3N5O3/c21-20(22,23)13-5-6-16(17(11-13)28(30)31)27-9-7-26(8-10-27)12-18-24-15-4-2-1-3-14(15)19(29)25-18/h1-6,11H,7-10,12H2,(H,24,25,29). The number of nitro benzene ring substituents is 1. The molecule has 1 fully saturated rings. The fourth-order valence-electron chi connectivity index (χ4n) is 3.68. The lowest BCUT2D eigenvalue weighted by molar-refractivity contribution is -0.384. The van der Waals surface area contributed by atoms with Crippen molar-refractivity contribution in [1.82, 2.24) is 14.9 Å². The predicted molar refractivity (Wildman–Crippen MR) is 108 cm³/mol. The third kappa shape index (κ3) is 4.36. The third-order valence-electron chi connectivity index (χ3n) is 5.25. The number of halogens is 3. The zero-order valence-corrected chi connectivity index (χ0v) is 16.2. The van der Waals surface area contributed by atoms with Crippen LogP contribution >= 0.6 is 0 Å². The van der Waals surface area contributed by atoms with E-state index in [0.29, 0.717) is 55.5 Å². The minimum Gasteiger partial charge on any atom is -0.363 e. The second-order valence-electron chi connectivity index (χ2n) is 7.25. The molecule has 1 aromatic heterocycles. The summed E-state index contributed by atoms with van der Waals surface area (Å²) in [6, 6.07) is 9.60. The number of H-pyrrole nitrogens is 1. The smallest absolute Gasteiger partial charge is 0.363 e. The van der Waals surface area contributed by atoms with Crippen LogP contribution in [0, 0.1) is 10.1 Å². The Morgan fingerprint density at radius 3 is 2.48 bits per heavy atom. The lowest BCUT2D eigenvalue weighted by Crippen LogP contribution is -2.46. The summed E-state index contributed by atoms with van der Waals surface area (Å²) in [5.74, 6) is 0.512. The van der Waals surface area contributed by atoms with Crippen LogP contribution < -0.4 is 10.5 Å². The highest BCUT2D eigenvalue weighted by Gasteiger charge is 2.34. The van der Waals surface area contributed by atoms with Crippen molar-refractivity contribution in [2.75, 3.05) is 31.1 Å². The molecule has 0 aliphatic carbocycles. The zero-order chi connectivity index (χ0) is 22.2. The molecule has 1 aliphatic heterocycles. The molecule has 31 heavy (non-hydrogen) atoms. The molecule has 8 nitrogen and oxygen atoms in total. The first-order valence-corrected chi connectivity index (χ1v) is 9.53. The van der Waals surface area contributed by atoms with Crippen LogP contribution in [0.4, 0.5) is 24.5 Å². The largest absolute Gasteiger partial charge is 0.416 e. The molecule has 1 saturated heterocycles. The molecule has 11 heteroatoms. The molecule has 0 amide bonds. The van der Waals surface area contributed by atoms with Gasteiger partial charge in [-0.25, -0.2) is 4.98 Å². The van der Waals surface area contributed by atoms with Crippen molar-refractivity contribution in [3.63, 3.8) is 0 Å². The van der Waals surface area contributed by atoms with Crippen LogP contribution in [-0.2, 0) is 12.7 Å². The highest BCUT2D eigenvalue weighted by atomic mass is 19.4. The fourth-order valence-corrected chi connectivity index (χ4v) is 3.68. The van der Waals surface area contributed by atoms with E-state index in [1.165, 1.54) is 0 Å². The Balaban J connectivity index is 1.48. The van der Waals surface area contributed by atoms with Crippen molar-refractivity contribution in [2.45, 2.75) is 12.7 Å². The highest BCUT2D eigenvalue weighted by Crippen LogP contribution is 2.36. The summed E-state index contributed by atoms with van der Waals surface area (Å²) in [7, 11) is 0. The average Bonchev–Trinajstić information content (AvgIpc) is 2.73. The van der Waals surface area contributed by atoms with Crippen molar-refractivity contribution in [3.8, 4) is 0 Å². The SMILES string of the molecule is O=c1[nH]c(CN2CCN(c3ccc(C(F)(F)F)cc3[N+](=O)[O-])CC2)nc2ccccc12. The monoisotopic (exact) mass is 433 g/mol. The van der Waals surface area contributed by atoms with Gasteiger partial charge in [0.1, 0.15) is 11.5 Å². The maximum Gasteiger partial charge on any atom is 0.416 e. The molecule has 0 spiro atoms. The number of anilines is 1. The number of nitrogens with one attached hydrogen (secondary N) is 1. The van der Waals surface area contributed by atoms with Gasteiger partial charge in [-0.1, -0.05) is 12.1 Å². The molecule has 0 bridgehead atoms. The molecule has 1 aliphatic rings. The number of rotatable bonds is 4. The van der Waals surface area contributed by atoms with Crippen LogP contribution in [0.15, 0.2) is 47.3 Å². The zero-order valence-electron chi connectivity index (χ0n) is 16.2. The van der Waals surface area contributed by atoms with Gasteiger partial charge in [-0.3, -0.25) is 19.8 Å². The minimum atomic E-state index is -4.65. The summed E-state index contributed by atoms with van der Waals surface area (Å²) in [6.07, 6.45) is -4.65. The van der Waals surface area contributed by atoms with Gasteiger partial charge in [-0.15, -0.1) is 0 Å². The van der Waals surface area contributed by atoms with E-state index < -0.39 is 22.4 Å². The summed E-state index contributed by atoms with van der Waals surface area (Å²) >= 11 is 0. The van der Waals surface area contributed by atoms with E-state index in [-0.39, 0.29) is 11.2 Å². The Bertz CT molecular complexity index is 1190. The Labute approximate surface area is 174 Å². The van der Waals surface area contributed by atoms with E-state index in [9.17, 15) is 28.1 Å². The van der Waals surface area contributed by atoms with Crippen molar-refractivity contribution >= 4 is 22.3 Å². The number of hydrogen-bond donors (Lipinski definition) is 1. The fraction of sp³-hybridized carbons (Fsp3) is 0.300. The topological polar surface area (TPSA) is 95.4 Å². The number of hydrogen-bond acceptors (Lipinski definition) is 6. The van der Waals surface area contributed by atoms with Crippen LogP contribution in [0.25, 0.3) is 10.9 Å². The molecule has 162 valence electrons.